The van der Waals surface area contributed by atoms with Crippen molar-refractivity contribution in [2.75, 3.05) is 32.7 Å². The van der Waals surface area contributed by atoms with Crippen molar-refractivity contribution < 1.29 is 0 Å². The summed E-state index contributed by atoms with van der Waals surface area (Å²) in [6.07, 6.45) is 3.48. The van der Waals surface area contributed by atoms with E-state index in [1.165, 1.54) is 0 Å². The second-order valence-electron chi connectivity index (χ2n) is 4.49. The van der Waals surface area contributed by atoms with Crippen LogP contribution in [0.15, 0.2) is 18.5 Å². The summed E-state index contributed by atoms with van der Waals surface area (Å²) in [5, 5.41) is 0.739. The molecule has 1 aromatic rings. The van der Waals surface area contributed by atoms with Gasteiger partial charge in [0, 0.05) is 51.7 Å². The summed E-state index contributed by atoms with van der Waals surface area (Å²) >= 11 is 11.0. The number of nitrogens with two attached hydrogens (primary N) is 1. The van der Waals surface area contributed by atoms with Crippen molar-refractivity contribution in [3.63, 3.8) is 0 Å². The average Bonchev–Trinajstić information content (AvgIpc) is 2.34. The Balaban J connectivity index is 1.84. The number of halogens is 1. The Labute approximate surface area is 118 Å². The first-order valence-corrected chi connectivity index (χ1v) is 6.75. The van der Waals surface area contributed by atoms with Gasteiger partial charge in [0.2, 0.25) is 0 Å². The molecule has 18 heavy (non-hydrogen) atoms. The van der Waals surface area contributed by atoms with Gasteiger partial charge in [-0.05, 0) is 11.6 Å². The zero-order valence-electron chi connectivity index (χ0n) is 10.2. The molecule has 6 heteroatoms. The molecule has 0 aromatic carbocycles. The van der Waals surface area contributed by atoms with E-state index in [0.717, 1.165) is 49.9 Å². The number of pyridine rings is 1. The second kappa shape index (κ2) is 6.43. The average molecular weight is 285 g/mol. The van der Waals surface area contributed by atoms with Crippen LogP contribution in [0.4, 0.5) is 0 Å². The summed E-state index contributed by atoms with van der Waals surface area (Å²) in [6.45, 7) is 5.63. The molecule has 1 fully saturated rings. The van der Waals surface area contributed by atoms with Gasteiger partial charge in [-0.25, -0.2) is 0 Å². The van der Waals surface area contributed by atoms with Crippen LogP contribution < -0.4 is 5.73 Å². The van der Waals surface area contributed by atoms with Crippen LogP contribution in [0, 0.1) is 0 Å². The fraction of sp³-hybridized carbons (Fsp3) is 0.500. The minimum Gasteiger partial charge on any atom is -0.392 e. The molecule has 2 N–H and O–H groups in total. The van der Waals surface area contributed by atoms with E-state index in [2.05, 4.69) is 14.8 Å². The molecule has 1 aliphatic rings. The number of hydrogen-bond acceptors (Lipinski definition) is 4. The minimum atomic E-state index is 0.570. The van der Waals surface area contributed by atoms with Crippen molar-refractivity contribution in [3.05, 3.63) is 29.0 Å². The van der Waals surface area contributed by atoms with E-state index < -0.39 is 0 Å². The zero-order chi connectivity index (χ0) is 13.0. The van der Waals surface area contributed by atoms with E-state index in [-0.39, 0.29) is 0 Å². The topological polar surface area (TPSA) is 45.4 Å². The summed E-state index contributed by atoms with van der Waals surface area (Å²) in [5.74, 6) is 0. The van der Waals surface area contributed by atoms with Crippen molar-refractivity contribution >= 4 is 28.8 Å². The molecule has 1 aromatic heterocycles. The lowest BCUT2D eigenvalue weighted by Crippen LogP contribution is -2.48. The molecular weight excluding hydrogens is 268 g/mol. The van der Waals surface area contributed by atoms with Crippen LogP contribution in [0.3, 0.4) is 0 Å². The Morgan fingerprint density at radius 1 is 1.33 bits per heavy atom. The fourth-order valence-corrected chi connectivity index (χ4v) is 2.46. The van der Waals surface area contributed by atoms with Crippen molar-refractivity contribution in [3.8, 4) is 0 Å². The van der Waals surface area contributed by atoms with E-state index in [1.807, 2.05) is 6.07 Å². The van der Waals surface area contributed by atoms with Crippen LogP contribution in [-0.2, 0) is 6.54 Å². The van der Waals surface area contributed by atoms with E-state index in [1.54, 1.807) is 12.4 Å². The summed E-state index contributed by atoms with van der Waals surface area (Å²) < 4.78 is 0. The molecule has 0 unspecified atom stereocenters. The number of thiocarbonyl (C=S) groups is 1. The molecule has 0 spiro atoms. The lowest BCUT2D eigenvalue weighted by molar-refractivity contribution is 0.140. The van der Waals surface area contributed by atoms with Crippen LogP contribution in [0.25, 0.3) is 0 Å². The first-order valence-electron chi connectivity index (χ1n) is 5.96. The zero-order valence-corrected chi connectivity index (χ0v) is 11.8. The van der Waals surface area contributed by atoms with E-state index in [9.17, 15) is 0 Å². The van der Waals surface area contributed by atoms with Gasteiger partial charge in [-0.3, -0.25) is 14.8 Å². The monoisotopic (exact) mass is 284 g/mol. The summed E-state index contributed by atoms with van der Waals surface area (Å²) in [7, 11) is 0. The maximum absolute atomic E-state index is 6.11. The van der Waals surface area contributed by atoms with Crippen molar-refractivity contribution in [2.45, 2.75) is 6.54 Å². The van der Waals surface area contributed by atoms with Gasteiger partial charge in [0.1, 0.15) is 0 Å². The smallest absolute Gasteiger partial charge is 0.0870 e. The normalized spacial score (nSPS) is 17.8. The van der Waals surface area contributed by atoms with Gasteiger partial charge in [-0.1, -0.05) is 23.8 Å². The highest BCUT2D eigenvalue weighted by Gasteiger charge is 2.17. The van der Waals surface area contributed by atoms with Gasteiger partial charge < -0.3 is 5.73 Å². The Kier molecular flexibility index (Phi) is 4.88. The number of nitrogens with zero attached hydrogens (tertiary/aromatic N) is 3. The summed E-state index contributed by atoms with van der Waals surface area (Å²) in [4.78, 5) is 9.24. The molecule has 0 atom stereocenters. The standard InChI is InChI=1S/C12H17ClN4S/c13-11-7-15-2-1-10(11)8-16-3-5-17(6-4-16)9-12(14)18/h1-2,7H,3-6,8-9H2,(H2,14,18). The minimum absolute atomic E-state index is 0.570. The van der Waals surface area contributed by atoms with Gasteiger partial charge in [-0.2, -0.15) is 0 Å². The Hall–Kier alpha value is -0.750. The second-order valence-corrected chi connectivity index (χ2v) is 5.42. The molecule has 0 aliphatic carbocycles. The van der Waals surface area contributed by atoms with Crippen LogP contribution >= 0.6 is 23.8 Å². The van der Waals surface area contributed by atoms with E-state index in [4.69, 9.17) is 29.6 Å². The quantitative estimate of drug-likeness (QED) is 0.840. The molecule has 4 nitrogen and oxygen atoms in total. The van der Waals surface area contributed by atoms with Crippen LogP contribution in [0.5, 0.6) is 0 Å². The van der Waals surface area contributed by atoms with E-state index in [0.29, 0.717) is 4.99 Å². The number of aromatic nitrogens is 1. The molecule has 0 bridgehead atoms. The van der Waals surface area contributed by atoms with Gasteiger partial charge in [-0.15, -0.1) is 0 Å². The molecule has 2 rings (SSSR count). The predicted octanol–water partition coefficient (Wildman–Crippen LogP) is 1.14. The lowest BCUT2D eigenvalue weighted by atomic mass is 10.2. The predicted molar refractivity (Wildman–Crippen MR) is 77.7 cm³/mol. The van der Waals surface area contributed by atoms with Crippen LogP contribution in [0.1, 0.15) is 5.56 Å². The van der Waals surface area contributed by atoms with E-state index >= 15 is 0 Å². The number of hydrogen-bond donors (Lipinski definition) is 1. The maximum Gasteiger partial charge on any atom is 0.0870 e. The fourth-order valence-electron chi connectivity index (χ4n) is 2.10. The molecule has 0 saturated carbocycles. The number of rotatable bonds is 4. The Morgan fingerprint density at radius 2 is 2.00 bits per heavy atom. The maximum atomic E-state index is 6.11. The van der Waals surface area contributed by atoms with Crippen LogP contribution in [0.2, 0.25) is 5.02 Å². The molecule has 0 amide bonds. The van der Waals surface area contributed by atoms with Crippen molar-refractivity contribution in [1.29, 1.82) is 0 Å². The molecule has 1 saturated heterocycles. The van der Waals surface area contributed by atoms with Crippen molar-refractivity contribution in [1.82, 2.24) is 14.8 Å². The first kappa shape index (κ1) is 13.7. The van der Waals surface area contributed by atoms with Gasteiger partial charge in [0.25, 0.3) is 0 Å². The van der Waals surface area contributed by atoms with Gasteiger partial charge in [0.05, 0.1) is 10.0 Å². The third-order valence-corrected chi connectivity index (χ3v) is 3.56. The highest BCUT2D eigenvalue weighted by Crippen LogP contribution is 2.16. The van der Waals surface area contributed by atoms with Gasteiger partial charge in [0.15, 0.2) is 0 Å². The highest BCUT2D eigenvalue weighted by atomic mass is 35.5. The largest absolute Gasteiger partial charge is 0.392 e. The third-order valence-electron chi connectivity index (χ3n) is 3.09. The van der Waals surface area contributed by atoms with Gasteiger partial charge >= 0.3 is 0 Å². The highest BCUT2D eigenvalue weighted by molar-refractivity contribution is 7.80. The third kappa shape index (κ3) is 3.88. The molecule has 0 radical (unpaired) electrons. The summed E-state index contributed by atoms with van der Waals surface area (Å²) in [5.41, 5.74) is 6.69. The number of piperazine rings is 1. The Morgan fingerprint density at radius 3 is 2.61 bits per heavy atom. The molecular formula is C12H17ClN4S. The van der Waals surface area contributed by atoms with Crippen molar-refractivity contribution in [2.24, 2.45) is 5.73 Å². The van der Waals surface area contributed by atoms with Crippen LogP contribution in [-0.4, -0.2) is 52.5 Å². The molecule has 98 valence electrons. The Bertz CT molecular complexity index is 418. The first-order chi connectivity index (χ1) is 8.65. The molecule has 2 heterocycles. The summed E-state index contributed by atoms with van der Waals surface area (Å²) in [6, 6.07) is 1.98. The SMILES string of the molecule is NC(=S)CN1CCN(Cc2ccncc2Cl)CC1. The lowest BCUT2D eigenvalue weighted by Gasteiger charge is -2.34. The molecule has 1 aliphatic heterocycles.